The Morgan fingerprint density at radius 3 is 3.00 bits per heavy atom. The van der Waals surface area contributed by atoms with Gasteiger partial charge in [0.1, 0.15) is 12.0 Å². The first-order valence-corrected chi connectivity index (χ1v) is 6.85. The number of carboxylic acid groups (broad SMARTS) is 1. The zero-order valence-corrected chi connectivity index (χ0v) is 11.9. The zero-order valence-electron chi connectivity index (χ0n) is 11.1. The third-order valence-electron chi connectivity index (χ3n) is 3.51. The summed E-state index contributed by atoms with van der Waals surface area (Å²) >= 11 is 5.71. The van der Waals surface area contributed by atoms with Crippen LogP contribution in [0, 0.1) is 5.82 Å². The molecule has 0 spiro atoms. The van der Waals surface area contributed by atoms with Gasteiger partial charge in [0.2, 0.25) is 0 Å². The number of amides is 1. The molecule has 2 heterocycles. The van der Waals surface area contributed by atoms with Crippen molar-refractivity contribution in [3.05, 3.63) is 34.9 Å². The fourth-order valence-electron chi connectivity index (χ4n) is 2.48. The van der Waals surface area contributed by atoms with Crippen molar-refractivity contribution in [1.29, 1.82) is 0 Å². The highest BCUT2D eigenvalue weighted by Crippen LogP contribution is 2.33. The van der Waals surface area contributed by atoms with E-state index in [1.807, 2.05) is 0 Å². The van der Waals surface area contributed by atoms with E-state index in [1.165, 1.54) is 12.1 Å². The maximum absolute atomic E-state index is 14.0. The minimum atomic E-state index is -1.27. The number of benzene rings is 1. The van der Waals surface area contributed by atoms with E-state index in [1.54, 1.807) is 6.07 Å². The van der Waals surface area contributed by atoms with Crippen LogP contribution >= 0.6 is 11.6 Å². The third-order valence-corrected chi connectivity index (χ3v) is 3.80. The fraction of sp³-hybridized carbons (Fsp3) is 0.308. The molecule has 3 rings (SSSR count). The molecule has 2 aromatic rings. The van der Waals surface area contributed by atoms with Crippen molar-refractivity contribution in [3.63, 3.8) is 0 Å². The second-order valence-electron chi connectivity index (χ2n) is 4.93. The van der Waals surface area contributed by atoms with Crippen LogP contribution in [0.2, 0.25) is 5.02 Å². The number of hydrogen-bond acceptors (Lipinski definition) is 3. The molecule has 2 atom stereocenters. The smallest absolute Gasteiger partial charge is 0.408 e. The monoisotopic (exact) mass is 328 g/mol. The molecule has 0 aliphatic carbocycles. The normalized spacial score (nSPS) is 21.3. The first-order chi connectivity index (χ1) is 10.5. The number of rotatable bonds is 2. The Morgan fingerprint density at radius 2 is 2.27 bits per heavy atom. The average molecular weight is 329 g/mol. The van der Waals surface area contributed by atoms with Crippen molar-refractivity contribution >= 4 is 17.7 Å². The molecular formula is C13H11ClF2N4O2. The number of halogens is 3. The van der Waals surface area contributed by atoms with Crippen molar-refractivity contribution in [2.75, 3.05) is 6.54 Å². The Morgan fingerprint density at radius 1 is 1.50 bits per heavy atom. The van der Waals surface area contributed by atoms with Gasteiger partial charge in [0.25, 0.3) is 0 Å². The minimum Gasteiger partial charge on any atom is -0.465 e. The van der Waals surface area contributed by atoms with Gasteiger partial charge in [-0.2, -0.15) is 5.10 Å². The number of nitrogens with zero attached hydrogens (tertiary/aromatic N) is 3. The van der Waals surface area contributed by atoms with Gasteiger partial charge in [0.15, 0.2) is 11.6 Å². The number of likely N-dealkylation sites (tertiary alicyclic amines) is 1. The maximum atomic E-state index is 14.0. The highest BCUT2D eigenvalue weighted by atomic mass is 35.5. The van der Waals surface area contributed by atoms with Crippen LogP contribution in [0.25, 0.3) is 11.4 Å². The van der Waals surface area contributed by atoms with Gasteiger partial charge in [0, 0.05) is 6.42 Å². The molecule has 0 bridgehead atoms. The lowest BCUT2D eigenvalue weighted by molar-refractivity contribution is 0.136. The van der Waals surface area contributed by atoms with Gasteiger partial charge < -0.3 is 5.11 Å². The predicted octanol–water partition coefficient (Wildman–Crippen LogP) is 3.03. The maximum Gasteiger partial charge on any atom is 0.408 e. The van der Waals surface area contributed by atoms with Crippen LogP contribution in [0.1, 0.15) is 18.3 Å². The summed E-state index contributed by atoms with van der Waals surface area (Å²) in [5, 5.41) is 15.4. The number of aromatic amines is 1. The van der Waals surface area contributed by atoms with Gasteiger partial charge in [-0.15, -0.1) is 0 Å². The lowest BCUT2D eigenvalue weighted by atomic mass is 10.2. The van der Waals surface area contributed by atoms with Crippen molar-refractivity contribution in [3.8, 4) is 11.4 Å². The summed E-state index contributed by atoms with van der Waals surface area (Å²) < 4.78 is 27.4. The van der Waals surface area contributed by atoms with E-state index in [2.05, 4.69) is 15.2 Å². The molecule has 9 heteroatoms. The molecule has 1 saturated heterocycles. The summed E-state index contributed by atoms with van der Waals surface area (Å²) in [6, 6.07) is 3.63. The van der Waals surface area contributed by atoms with Crippen LogP contribution in [-0.4, -0.2) is 44.0 Å². The van der Waals surface area contributed by atoms with Crippen LogP contribution in [0.3, 0.4) is 0 Å². The van der Waals surface area contributed by atoms with Crippen LogP contribution in [-0.2, 0) is 0 Å². The van der Waals surface area contributed by atoms with Gasteiger partial charge in [-0.1, -0.05) is 17.7 Å². The number of carbonyl (C=O) groups is 1. The zero-order chi connectivity index (χ0) is 15.9. The fourth-order valence-corrected chi connectivity index (χ4v) is 2.65. The molecule has 1 aromatic carbocycles. The van der Waals surface area contributed by atoms with Gasteiger partial charge in [0.05, 0.1) is 23.2 Å². The molecule has 1 aliphatic heterocycles. The second kappa shape index (κ2) is 5.53. The van der Waals surface area contributed by atoms with Gasteiger partial charge in [-0.05, 0) is 12.1 Å². The molecule has 1 fully saturated rings. The minimum absolute atomic E-state index is 0.0149. The quantitative estimate of drug-likeness (QED) is 0.887. The summed E-state index contributed by atoms with van der Waals surface area (Å²) in [7, 11) is 0. The standard InChI is InChI=1S/C13H11ClF2N4O2/c14-8-3-1-2-7(10(8)16)11-17-12(19-18-11)9-4-6(15)5-20(9)13(21)22/h1-3,6,9H,4-5H2,(H,21,22)(H,17,18,19)/t6-,9+/m1/s1. The molecule has 1 aliphatic rings. The van der Waals surface area contributed by atoms with E-state index in [0.717, 1.165) is 4.90 Å². The third kappa shape index (κ3) is 2.50. The number of hydrogen-bond donors (Lipinski definition) is 2. The Kier molecular flexibility index (Phi) is 3.69. The molecule has 1 amide bonds. The summed E-state index contributed by atoms with van der Waals surface area (Å²) in [6.07, 6.45) is -2.52. The van der Waals surface area contributed by atoms with Gasteiger partial charge >= 0.3 is 6.09 Å². The molecule has 0 unspecified atom stereocenters. The van der Waals surface area contributed by atoms with E-state index in [0.29, 0.717) is 0 Å². The Balaban J connectivity index is 1.94. The molecule has 116 valence electrons. The number of aromatic nitrogens is 3. The van der Waals surface area contributed by atoms with E-state index >= 15 is 0 Å². The topological polar surface area (TPSA) is 82.1 Å². The number of H-pyrrole nitrogens is 1. The van der Waals surface area contributed by atoms with E-state index in [9.17, 15) is 13.6 Å². The van der Waals surface area contributed by atoms with Gasteiger partial charge in [-0.25, -0.2) is 18.6 Å². The van der Waals surface area contributed by atoms with Crippen LogP contribution in [0.15, 0.2) is 18.2 Å². The van der Waals surface area contributed by atoms with Crippen LogP contribution in [0.5, 0.6) is 0 Å². The molecular weight excluding hydrogens is 318 g/mol. The highest BCUT2D eigenvalue weighted by Gasteiger charge is 2.38. The van der Waals surface area contributed by atoms with Gasteiger partial charge in [-0.3, -0.25) is 10.00 Å². The van der Waals surface area contributed by atoms with E-state index in [4.69, 9.17) is 16.7 Å². The Hall–Kier alpha value is -2.22. The number of alkyl halides is 1. The predicted molar refractivity (Wildman–Crippen MR) is 73.8 cm³/mol. The van der Waals surface area contributed by atoms with E-state index in [-0.39, 0.29) is 35.2 Å². The lowest BCUT2D eigenvalue weighted by Crippen LogP contribution is -2.30. The SMILES string of the molecule is O=C(O)N1C[C@H](F)C[C@H]1c1nc(-c2cccc(Cl)c2F)n[nH]1. The largest absolute Gasteiger partial charge is 0.465 e. The van der Waals surface area contributed by atoms with Crippen LogP contribution in [0.4, 0.5) is 13.6 Å². The first kappa shape index (κ1) is 14.7. The van der Waals surface area contributed by atoms with Crippen molar-refractivity contribution in [2.24, 2.45) is 0 Å². The molecule has 2 N–H and O–H groups in total. The lowest BCUT2D eigenvalue weighted by Gasteiger charge is -2.18. The van der Waals surface area contributed by atoms with Crippen molar-refractivity contribution in [2.45, 2.75) is 18.6 Å². The highest BCUT2D eigenvalue weighted by molar-refractivity contribution is 6.31. The number of nitrogens with one attached hydrogen (secondary N) is 1. The molecule has 6 nitrogen and oxygen atoms in total. The molecule has 0 radical (unpaired) electrons. The summed E-state index contributed by atoms with van der Waals surface area (Å²) in [4.78, 5) is 16.2. The second-order valence-corrected chi connectivity index (χ2v) is 5.34. The van der Waals surface area contributed by atoms with Crippen molar-refractivity contribution in [1.82, 2.24) is 20.1 Å². The Bertz CT molecular complexity index is 724. The molecule has 0 saturated carbocycles. The molecule has 22 heavy (non-hydrogen) atoms. The average Bonchev–Trinajstić information content (AvgIpc) is 3.08. The first-order valence-electron chi connectivity index (χ1n) is 6.47. The molecule has 1 aromatic heterocycles. The summed E-state index contributed by atoms with van der Waals surface area (Å²) in [5.74, 6) is -0.445. The van der Waals surface area contributed by atoms with Crippen LogP contribution < -0.4 is 0 Å². The Labute approximate surface area is 128 Å². The summed E-state index contributed by atoms with van der Waals surface area (Å²) in [5.41, 5.74) is 0.0895. The van der Waals surface area contributed by atoms with E-state index < -0.39 is 24.1 Å². The summed E-state index contributed by atoms with van der Waals surface area (Å²) in [6.45, 7) is -0.221. The van der Waals surface area contributed by atoms with Crippen molar-refractivity contribution < 1.29 is 18.7 Å².